The quantitative estimate of drug-likeness (QED) is 0.885. The molecule has 102 valence electrons. The highest BCUT2D eigenvalue weighted by molar-refractivity contribution is 7.92. The summed E-state index contributed by atoms with van der Waals surface area (Å²) in [6, 6.07) is 4.81. The molecule has 0 amide bonds. The first kappa shape index (κ1) is 13.7. The lowest BCUT2D eigenvalue weighted by Gasteiger charge is -2.10. The van der Waals surface area contributed by atoms with Crippen molar-refractivity contribution in [3.05, 3.63) is 41.6 Å². The van der Waals surface area contributed by atoms with E-state index >= 15 is 0 Å². The van der Waals surface area contributed by atoms with E-state index in [1.54, 1.807) is 24.4 Å². The van der Waals surface area contributed by atoms with E-state index in [1.165, 1.54) is 6.39 Å². The minimum atomic E-state index is -3.31. The van der Waals surface area contributed by atoms with E-state index in [-0.39, 0.29) is 0 Å². The molecular formula is C11H12ClN3O3S. The first-order chi connectivity index (χ1) is 8.94. The normalized spacial score (nSPS) is 11.3. The molecule has 1 heterocycles. The molecule has 0 aliphatic carbocycles. The molecule has 0 fully saturated rings. The monoisotopic (exact) mass is 301 g/mol. The number of benzene rings is 1. The molecule has 0 radical (unpaired) electrons. The number of nitrogens with zero attached hydrogens (tertiary/aromatic N) is 1. The van der Waals surface area contributed by atoms with E-state index in [4.69, 9.17) is 16.0 Å². The average molecular weight is 302 g/mol. The summed E-state index contributed by atoms with van der Waals surface area (Å²) < 4.78 is 29.8. The summed E-state index contributed by atoms with van der Waals surface area (Å²) in [5, 5.41) is 3.53. The third-order valence-electron chi connectivity index (χ3n) is 2.21. The van der Waals surface area contributed by atoms with E-state index in [0.29, 0.717) is 28.7 Å². The van der Waals surface area contributed by atoms with Crippen LogP contribution in [0.1, 0.15) is 5.76 Å². The van der Waals surface area contributed by atoms with Gasteiger partial charge in [0.05, 0.1) is 35.4 Å². The van der Waals surface area contributed by atoms with Crippen molar-refractivity contribution in [3.63, 3.8) is 0 Å². The number of hydrogen-bond donors (Lipinski definition) is 2. The van der Waals surface area contributed by atoms with Gasteiger partial charge in [-0.1, -0.05) is 11.6 Å². The van der Waals surface area contributed by atoms with Crippen LogP contribution in [0.15, 0.2) is 35.2 Å². The number of anilines is 2. The van der Waals surface area contributed by atoms with E-state index in [2.05, 4.69) is 15.0 Å². The van der Waals surface area contributed by atoms with E-state index in [9.17, 15) is 8.42 Å². The first-order valence-electron chi connectivity index (χ1n) is 5.32. The van der Waals surface area contributed by atoms with Gasteiger partial charge in [0.1, 0.15) is 5.76 Å². The highest BCUT2D eigenvalue weighted by Gasteiger charge is 2.06. The highest BCUT2D eigenvalue weighted by atomic mass is 35.5. The Morgan fingerprint density at radius 3 is 2.84 bits per heavy atom. The zero-order valence-corrected chi connectivity index (χ0v) is 11.6. The lowest BCUT2D eigenvalue weighted by atomic mass is 10.3. The van der Waals surface area contributed by atoms with Crippen molar-refractivity contribution >= 4 is 33.0 Å². The second-order valence-electron chi connectivity index (χ2n) is 3.89. The zero-order chi connectivity index (χ0) is 13.9. The predicted molar refractivity (Wildman–Crippen MR) is 73.7 cm³/mol. The van der Waals surface area contributed by atoms with Gasteiger partial charge in [0.25, 0.3) is 0 Å². The van der Waals surface area contributed by atoms with Crippen molar-refractivity contribution in [2.75, 3.05) is 16.3 Å². The lowest BCUT2D eigenvalue weighted by Crippen LogP contribution is -2.10. The van der Waals surface area contributed by atoms with Crippen LogP contribution in [0.25, 0.3) is 0 Å². The maximum atomic E-state index is 11.2. The molecule has 0 saturated carbocycles. The van der Waals surface area contributed by atoms with Crippen molar-refractivity contribution in [2.24, 2.45) is 0 Å². The molecule has 0 unspecified atom stereocenters. The van der Waals surface area contributed by atoms with Gasteiger partial charge >= 0.3 is 0 Å². The highest BCUT2D eigenvalue weighted by Crippen LogP contribution is 2.26. The van der Waals surface area contributed by atoms with Crippen LogP contribution in [-0.4, -0.2) is 19.7 Å². The third kappa shape index (κ3) is 4.15. The van der Waals surface area contributed by atoms with E-state index < -0.39 is 10.0 Å². The van der Waals surface area contributed by atoms with Gasteiger partial charge in [0, 0.05) is 0 Å². The van der Waals surface area contributed by atoms with Crippen molar-refractivity contribution in [1.82, 2.24) is 4.98 Å². The second-order valence-corrected chi connectivity index (χ2v) is 6.05. The fourth-order valence-electron chi connectivity index (χ4n) is 1.45. The minimum Gasteiger partial charge on any atom is -0.447 e. The fraction of sp³-hybridized carbons (Fsp3) is 0.182. The van der Waals surface area contributed by atoms with Crippen LogP contribution in [0.2, 0.25) is 5.02 Å². The Labute approximate surface area is 115 Å². The maximum Gasteiger partial charge on any atom is 0.229 e. The maximum absolute atomic E-state index is 11.2. The van der Waals surface area contributed by atoms with Crippen LogP contribution in [0.4, 0.5) is 11.4 Å². The first-order valence-corrected chi connectivity index (χ1v) is 7.59. The smallest absolute Gasteiger partial charge is 0.229 e. The third-order valence-corrected chi connectivity index (χ3v) is 3.14. The molecule has 0 spiro atoms. The largest absolute Gasteiger partial charge is 0.447 e. The number of rotatable bonds is 5. The molecule has 0 saturated heterocycles. The standard InChI is InChI=1S/C11H12ClN3O3S/c1-19(16,17)15-8-2-3-10(12)11(4-8)14-6-9-5-13-7-18-9/h2-5,7,14-15H,6H2,1H3. The Hall–Kier alpha value is -1.73. The van der Waals surface area contributed by atoms with Crippen LogP contribution in [0, 0.1) is 0 Å². The summed E-state index contributed by atoms with van der Waals surface area (Å²) in [5.74, 6) is 0.651. The van der Waals surface area contributed by atoms with Gasteiger partial charge in [-0.15, -0.1) is 0 Å². The Balaban J connectivity index is 2.13. The molecule has 0 atom stereocenters. The summed E-state index contributed by atoms with van der Waals surface area (Å²) in [7, 11) is -3.31. The summed E-state index contributed by atoms with van der Waals surface area (Å²) in [5.41, 5.74) is 1.04. The Kier molecular flexibility index (Phi) is 3.96. The van der Waals surface area contributed by atoms with Gasteiger partial charge in [-0.05, 0) is 18.2 Å². The molecule has 1 aromatic heterocycles. The average Bonchev–Trinajstić information content (AvgIpc) is 2.81. The fourth-order valence-corrected chi connectivity index (χ4v) is 2.19. The summed E-state index contributed by atoms with van der Waals surface area (Å²) in [6.07, 6.45) is 4.00. The lowest BCUT2D eigenvalue weighted by molar-refractivity contribution is 0.512. The molecule has 0 aliphatic heterocycles. The Morgan fingerprint density at radius 2 is 2.21 bits per heavy atom. The van der Waals surface area contributed by atoms with Crippen LogP contribution in [-0.2, 0) is 16.6 Å². The molecule has 0 aliphatic rings. The van der Waals surface area contributed by atoms with Gasteiger partial charge in [0.2, 0.25) is 10.0 Å². The number of halogens is 1. The number of oxazole rings is 1. The Bertz CT molecular complexity index is 656. The number of sulfonamides is 1. The number of aromatic nitrogens is 1. The van der Waals surface area contributed by atoms with Crippen molar-refractivity contribution in [3.8, 4) is 0 Å². The molecule has 2 N–H and O–H groups in total. The van der Waals surface area contributed by atoms with E-state index in [0.717, 1.165) is 6.26 Å². The van der Waals surface area contributed by atoms with Gasteiger partial charge in [-0.2, -0.15) is 0 Å². The SMILES string of the molecule is CS(=O)(=O)Nc1ccc(Cl)c(NCc2cnco2)c1. The second kappa shape index (κ2) is 5.50. The predicted octanol–water partition coefficient (Wildman–Crippen LogP) is 2.31. The summed E-state index contributed by atoms with van der Waals surface area (Å²) in [4.78, 5) is 3.79. The molecule has 0 bridgehead atoms. The van der Waals surface area contributed by atoms with Gasteiger partial charge in [-0.3, -0.25) is 4.72 Å². The van der Waals surface area contributed by atoms with Gasteiger partial charge in [-0.25, -0.2) is 13.4 Å². The molecule has 2 rings (SSSR count). The zero-order valence-electron chi connectivity index (χ0n) is 10.1. The van der Waals surface area contributed by atoms with Crippen molar-refractivity contribution in [2.45, 2.75) is 6.54 Å². The van der Waals surface area contributed by atoms with Gasteiger partial charge < -0.3 is 9.73 Å². The van der Waals surface area contributed by atoms with E-state index in [1.807, 2.05) is 0 Å². The molecule has 2 aromatic rings. The van der Waals surface area contributed by atoms with Crippen LogP contribution >= 0.6 is 11.6 Å². The Morgan fingerprint density at radius 1 is 1.42 bits per heavy atom. The molecule has 19 heavy (non-hydrogen) atoms. The molecule has 1 aromatic carbocycles. The molecule has 6 nitrogen and oxygen atoms in total. The van der Waals surface area contributed by atoms with Gasteiger partial charge in [0.15, 0.2) is 6.39 Å². The van der Waals surface area contributed by atoms with Crippen LogP contribution in [0.3, 0.4) is 0 Å². The van der Waals surface area contributed by atoms with Crippen LogP contribution in [0.5, 0.6) is 0 Å². The number of nitrogens with one attached hydrogen (secondary N) is 2. The van der Waals surface area contributed by atoms with Crippen LogP contribution < -0.4 is 10.0 Å². The summed E-state index contributed by atoms with van der Waals surface area (Å²) in [6.45, 7) is 0.405. The number of hydrogen-bond acceptors (Lipinski definition) is 5. The molecular weight excluding hydrogens is 290 g/mol. The topological polar surface area (TPSA) is 84.2 Å². The van der Waals surface area contributed by atoms with Crippen molar-refractivity contribution < 1.29 is 12.8 Å². The summed E-state index contributed by atoms with van der Waals surface area (Å²) >= 11 is 6.02. The van der Waals surface area contributed by atoms with Crippen molar-refractivity contribution in [1.29, 1.82) is 0 Å². The molecule has 8 heteroatoms. The minimum absolute atomic E-state index is 0.405.